The van der Waals surface area contributed by atoms with E-state index < -0.39 is 11.9 Å². The molecule has 0 bridgehead atoms. The minimum atomic E-state index is -0.480. The van der Waals surface area contributed by atoms with Crippen molar-refractivity contribution < 1.29 is 14.6 Å². The van der Waals surface area contributed by atoms with Crippen molar-refractivity contribution in [3.63, 3.8) is 0 Å². The first-order valence-electron chi connectivity index (χ1n) is 3.95. The Bertz CT molecular complexity index is 287. The molecule has 1 atom stereocenters. The van der Waals surface area contributed by atoms with Crippen LogP contribution in [0.1, 0.15) is 11.6 Å². The Hall–Kier alpha value is -1.13. The molecule has 0 aliphatic rings. The van der Waals surface area contributed by atoms with E-state index in [9.17, 15) is 4.39 Å². The average Bonchev–Trinajstić information content (AvgIpc) is 2.13. The molecular weight excluding hydrogens is 173 g/mol. The lowest BCUT2D eigenvalue weighted by Crippen LogP contribution is -2.21. The van der Waals surface area contributed by atoms with Gasteiger partial charge < -0.3 is 15.5 Å². The van der Waals surface area contributed by atoms with Gasteiger partial charge in [0.1, 0.15) is 11.6 Å². The van der Waals surface area contributed by atoms with E-state index in [2.05, 4.69) is 5.32 Å². The highest BCUT2D eigenvalue weighted by molar-refractivity contribution is 5.30. The van der Waals surface area contributed by atoms with Gasteiger partial charge in [-0.05, 0) is 25.2 Å². The smallest absolute Gasteiger partial charge is 0.128 e. The summed E-state index contributed by atoms with van der Waals surface area (Å²) in [6.07, 6.45) is 0. The Kier molecular flexibility index (Phi) is 3.22. The first-order valence-corrected chi connectivity index (χ1v) is 3.95. The summed E-state index contributed by atoms with van der Waals surface area (Å²) in [5.41, 5.74) is 0.269. The molecule has 0 saturated carbocycles. The van der Waals surface area contributed by atoms with Crippen molar-refractivity contribution in [1.82, 2.24) is 5.32 Å². The number of likely N-dealkylation sites (N-methyl/N-ethyl adjacent to an activating group) is 1. The first kappa shape index (κ1) is 9.95. The molecule has 0 aliphatic carbocycles. The molecule has 72 valence electrons. The number of aliphatic hydroxyl groups is 1. The van der Waals surface area contributed by atoms with E-state index in [1.807, 2.05) is 0 Å². The number of phenols is 1. The molecule has 0 unspecified atom stereocenters. The predicted octanol–water partition coefficient (Wildman–Crippen LogP) is 0.784. The van der Waals surface area contributed by atoms with Crippen LogP contribution in [-0.4, -0.2) is 23.9 Å². The Balaban J connectivity index is 3.03. The van der Waals surface area contributed by atoms with E-state index >= 15 is 0 Å². The molecule has 0 aliphatic heterocycles. The Labute approximate surface area is 75.8 Å². The summed E-state index contributed by atoms with van der Waals surface area (Å²) in [4.78, 5) is 0. The van der Waals surface area contributed by atoms with Crippen molar-refractivity contribution in [3.8, 4) is 5.75 Å². The number of hydrogen-bond donors (Lipinski definition) is 3. The summed E-state index contributed by atoms with van der Waals surface area (Å²) < 4.78 is 13.1. The van der Waals surface area contributed by atoms with E-state index in [1.165, 1.54) is 18.2 Å². The fourth-order valence-corrected chi connectivity index (χ4v) is 1.14. The highest BCUT2D eigenvalue weighted by Gasteiger charge is 2.12. The molecule has 1 aromatic rings. The lowest BCUT2D eigenvalue weighted by atomic mass is 10.1. The summed E-state index contributed by atoms with van der Waals surface area (Å²) in [6.45, 7) is -0.211. The lowest BCUT2D eigenvalue weighted by molar-refractivity contribution is 0.247. The molecule has 0 fully saturated rings. The van der Waals surface area contributed by atoms with Gasteiger partial charge in [-0.15, -0.1) is 0 Å². The third kappa shape index (κ3) is 2.17. The number of benzene rings is 1. The van der Waals surface area contributed by atoms with E-state index in [1.54, 1.807) is 7.05 Å². The predicted molar refractivity (Wildman–Crippen MR) is 47.0 cm³/mol. The van der Waals surface area contributed by atoms with E-state index in [4.69, 9.17) is 10.2 Å². The summed E-state index contributed by atoms with van der Waals surface area (Å²) in [5.74, 6) is -0.448. The molecule has 0 radical (unpaired) electrons. The van der Waals surface area contributed by atoms with Crippen molar-refractivity contribution >= 4 is 0 Å². The molecule has 13 heavy (non-hydrogen) atoms. The second-order valence-electron chi connectivity index (χ2n) is 2.73. The van der Waals surface area contributed by atoms with Crippen LogP contribution in [0.5, 0.6) is 5.75 Å². The lowest BCUT2D eigenvalue weighted by Gasteiger charge is -2.14. The van der Waals surface area contributed by atoms with Crippen LogP contribution in [0.25, 0.3) is 0 Å². The molecule has 1 aromatic carbocycles. The summed E-state index contributed by atoms with van der Waals surface area (Å²) >= 11 is 0. The minimum Gasteiger partial charge on any atom is -0.508 e. The van der Waals surface area contributed by atoms with Crippen molar-refractivity contribution in [2.75, 3.05) is 13.7 Å². The third-order valence-corrected chi connectivity index (χ3v) is 1.89. The number of halogens is 1. The Morgan fingerprint density at radius 1 is 1.54 bits per heavy atom. The molecule has 3 nitrogen and oxygen atoms in total. The minimum absolute atomic E-state index is 0.00917. The molecule has 0 spiro atoms. The van der Waals surface area contributed by atoms with Crippen LogP contribution in [0.15, 0.2) is 18.2 Å². The first-order chi connectivity index (χ1) is 6.19. The summed E-state index contributed by atoms with van der Waals surface area (Å²) in [7, 11) is 1.62. The fourth-order valence-electron chi connectivity index (χ4n) is 1.14. The maximum Gasteiger partial charge on any atom is 0.128 e. The van der Waals surface area contributed by atoms with Crippen molar-refractivity contribution in [2.24, 2.45) is 0 Å². The maximum absolute atomic E-state index is 13.1. The number of phenolic OH excluding ortho intramolecular Hbond substituents is 1. The quantitative estimate of drug-likeness (QED) is 0.652. The second-order valence-corrected chi connectivity index (χ2v) is 2.73. The van der Waals surface area contributed by atoms with Crippen LogP contribution in [0.3, 0.4) is 0 Å². The number of hydrogen-bond acceptors (Lipinski definition) is 3. The monoisotopic (exact) mass is 185 g/mol. The molecule has 3 N–H and O–H groups in total. The summed E-state index contributed by atoms with van der Waals surface area (Å²) in [5, 5.41) is 20.7. The van der Waals surface area contributed by atoms with Gasteiger partial charge in [-0.25, -0.2) is 4.39 Å². The number of aromatic hydroxyl groups is 1. The zero-order chi connectivity index (χ0) is 9.84. The van der Waals surface area contributed by atoms with Gasteiger partial charge in [-0.3, -0.25) is 0 Å². The zero-order valence-electron chi connectivity index (χ0n) is 7.29. The number of nitrogens with one attached hydrogen (secondary N) is 1. The topological polar surface area (TPSA) is 52.5 Å². The van der Waals surface area contributed by atoms with Gasteiger partial charge in [-0.2, -0.15) is 0 Å². The van der Waals surface area contributed by atoms with Gasteiger partial charge in [0.15, 0.2) is 0 Å². The van der Waals surface area contributed by atoms with Crippen LogP contribution in [0.2, 0.25) is 0 Å². The summed E-state index contributed by atoms with van der Waals surface area (Å²) in [6, 6.07) is 3.26. The van der Waals surface area contributed by atoms with Crippen LogP contribution in [-0.2, 0) is 0 Å². The van der Waals surface area contributed by atoms with Gasteiger partial charge in [0, 0.05) is 5.56 Å². The zero-order valence-corrected chi connectivity index (χ0v) is 7.29. The highest BCUT2D eigenvalue weighted by atomic mass is 19.1. The Morgan fingerprint density at radius 2 is 2.23 bits per heavy atom. The largest absolute Gasteiger partial charge is 0.508 e. The molecule has 4 heteroatoms. The van der Waals surface area contributed by atoms with Gasteiger partial charge in [0.05, 0.1) is 12.6 Å². The third-order valence-electron chi connectivity index (χ3n) is 1.89. The molecule has 0 aromatic heterocycles. The SMILES string of the molecule is CN[C@@H](CO)c1cc(O)ccc1F. The van der Waals surface area contributed by atoms with Crippen LogP contribution < -0.4 is 5.32 Å². The van der Waals surface area contributed by atoms with Crippen LogP contribution >= 0.6 is 0 Å². The molecule has 0 amide bonds. The Morgan fingerprint density at radius 3 is 2.77 bits per heavy atom. The van der Waals surface area contributed by atoms with Gasteiger partial charge >= 0.3 is 0 Å². The van der Waals surface area contributed by atoms with Crippen molar-refractivity contribution in [2.45, 2.75) is 6.04 Å². The molecule has 1 rings (SSSR count). The van der Waals surface area contributed by atoms with Gasteiger partial charge in [0.2, 0.25) is 0 Å². The van der Waals surface area contributed by atoms with Crippen LogP contribution in [0.4, 0.5) is 4.39 Å². The van der Waals surface area contributed by atoms with E-state index in [0.29, 0.717) is 0 Å². The normalized spacial score (nSPS) is 12.8. The average molecular weight is 185 g/mol. The molecule has 0 saturated heterocycles. The fraction of sp³-hybridized carbons (Fsp3) is 0.333. The van der Waals surface area contributed by atoms with Crippen molar-refractivity contribution in [1.29, 1.82) is 0 Å². The number of aliphatic hydroxyl groups excluding tert-OH is 1. The standard InChI is InChI=1S/C9H12FNO2/c1-11-9(5-12)7-4-6(13)2-3-8(7)10/h2-4,9,11-13H,5H2,1H3/t9-/m0/s1. The van der Waals surface area contributed by atoms with E-state index in [0.717, 1.165) is 0 Å². The van der Waals surface area contributed by atoms with Gasteiger partial charge in [-0.1, -0.05) is 0 Å². The van der Waals surface area contributed by atoms with Gasteiger partial charge in [0.25, 0.3) is 0 Å². The molecular formula is C9H12FNO2. The molecule has 0 heterocycles. The highest BCUT2D eigenvalue weighted by Crippen LogP contribution is 2.21. The maximum atomic E-state index is 13.1. The van der Waals surface area contributed by atoms with Crippen LogP contribution in [0, 0.1) is 5.82 Å². The second kappa shape index (κ2) is 4.20. The number of rotatable bonds is 3. The van der Waals surface area contributed by atoms with Crippen molar-refractivity contribution in [3.05, 3.63) is 29.6 Å². The van der Waals surface area contributed by atoms with E-state index in [-0.39, 0.29) is 17.9 Å².